The summed E-state index contributed by atoms with van der Waals surface area (Å²) in [7, 11) is 0. The van der Waals surface area contributed by atoms with E-state index in [2.05, 4.69) is 40.4 Å². The van der Waals surface area contributed by atoms with Crippen molar-refractivity contribution in [1.29, 1.82) is 0 Å². The lowest BCUT2D eigenvalue weighted by atomic mass is 10.1. The number of hydrogen-bond acceptors (Lipinski definition) is 5. The van der Waals surface area contributed by atoms with Crippen LogP contribution in [-0.4, -0.2) is 26.5 Å². The fourth-order valence-electron chi connectivity index (χ4n) is 3.07. The molecule has 2 aromatic heterocycles. The van der Waals surface area contributed by atoms with Crippen LogP contribution in [0, 0.1) is 13.8 Å². The Kier molecular flexibility index (Phi) is 3.90. The predicted molar refractivity (Wildman–Crippen MR) is 88.5 cm³/mol. The van der Waals surface area contributed by atoms with Gasteiger partial charge in [-0.3, -0.25) is 4.68 Å². The predicted octanol–water partition coefficient (Wildman–Crippen LogP) is 3.45. The Labute approximate surface area is 140 Å². The van der Waals surface area contributed by atoms with Gasteiger partial charge >= 0.3 is 0 Å². The molecule has 0 amide bonds. The summed E-state index contributed by atoms with van der Waals surface area (Å²) < 4.78 is 13.0. The molecule has 1 aliphatic heterocycles. The standard InChI is InChI=1S/C18H20N4O2/c1-12-9-13(2)22(20-12)11-14-5-3-6-15(10-14)17-19-18(24-21-17)16-7-4-8-23-16/h3,5-6,9-10,16H,4,7-8,11H2,1-2H3/t16-/m1/s1. The summed E-state index contributed by atoms with van der Waals surface area (Å²) >= 11 is 0. The number of aryl methyl sites for hydroxylation is 2. The topological polar surface area (TPSA) is 66.0 Å². The lowest BCUT2D eigenvalue weighted by Crippen LogP contribution is -2.04. The highest BCUT2D eigenvalue weighted by Crippen LogP contribution is 2.28. The molecule has 24 heavy (non-hydrogen) atoms. The largest absolute Gasteiger partial charge is 0.368 e. The summed E-state index contributed by atoms with van der Waals surface area (Å²) in [6.07, 6.45) is 1.93. The highest BCUT2D eigenvalue weighted by molar-refractivity contribution is 5.55. The van der Waals surface area contributed by atoms with Gasteiger partial charge in [-0.25, -0.2) is 0 Å². The molecule has 1 atom stereocenters. The van der Waals surface area contributed by atoms with Crippen LogP contribution in [0.15, 0.2) is 34.9 Å². The Balaban J connectivity index is 1.57. The van der Waals surface area contributed by atoms with Gasteiger partial charge in [-0.1, -0.05) is 23.4 Å². The van der Waals surface area contributed by atoms with Crippen molar-refractivity contribution in [3.63, 3.8) is 0 Å². The molecule has 124 valence electrons. The third-order valence-corrected chi connectivity index (χ3v) is 4.27. The Bertz CT molecular complexity index is 846. The van der Waals surface area contributed by atoms with E-state index in [9.17, 15) is 0 Å². The van der Waals surface area contributed by atoms with Gasteiger partial charge in [-0.2, -0.15) is 10.1 Å². The second-order valence-electron chi connectivity index (χ2n) is 6.24. The van der Waals surface area contributed by atoms with Gasteiger partial charge in [0.25, 0.3) is 5.89 Å². The van der Waals surface area contributed by atoms with Gasteiger partial charge in [0.1, 0.15) is 6.10 Å². The van der Waals surface area contributed by atoms with Gasteiger partial charge in [0.15, 0.2) is 0 Å². The first-order valence-corrected chi connectivity index (χ1v) is 8.24. The molecule has 4 rings (SSSR count). The average molecular weight is 324 g/mol. The number of hydrogen-bond donors (Lipinski definition) is 0. The van der Waals surface area contributed by atoms with Crippen LogP contribution in [0.3, 0.4) is 0 Å². The zero-order valence-electron chi connectivity index (χ0n) is 13.9. The molecule has 3 aromatic rings. The molecule has 0 saturated carbocycles. The lowest BCUT2D eigenvalue weighted by molar-refractivity contribution is 0.0835. The monoisotopic (exact) mass is 324 g/mol. The van der Waals surface area contributed by atoms with Crippen LogP contribution in [0.4, 0.5) is 0 Å². The van der Waals surface area contributed by atoms with Crippen LogP contribution >= 0.6 is 0 Å². The van der Waals surface area contributed by atoms with Crippen molar-refractivity contribution in [2.45, 2.75) is 39.3 Å². The van der Waals surface area contributed by atoms with Gasteiger partial charge < -0.3 is 9.26 Å². The normalized spacial score (nSPS) is 17.5. The van der Waals surface area contributed by atoms with E-state index in [1.807, 2.05) is 23.7 Å². The SMILES string of the molecule is Cc1cc(C)n(Cc2cccc(-c3noc([C@H]4CCCO4)n3)c2)n1. The van der Waals surface area contributed by atoms with Crippen LogP contribution in [0.2, 0.25) is 0 Å². The van der Waals surface area contributed by atoms with E-state index in [4.69, 9.17) is 9.26 Å². The minimum absolute atomic E-state index is 0.0517. The van der Waals surface area contributed by atoms with Crippen molar-refractivity contribution in [2.75, 3.05) is 6.61 Å². The minimum atomic E-state index is -0.0517. The van der Waals surface area contributed by atoms with Gasteiger partial charge in [0, 0.05) is 17.9 Å². The molecule has 1 aromatic carbocycles. The molecule has 1 aliphatic rings. The zero-order valence-corrected chi connectivity index (χ0v) is 13.9. The van der Waals surface area contributed by atoms with Crippen LogP contribution in [0.5, 0.6) is 0 Å². The van der Waals surface area contributed by atoms with Gasteiger partial charge in [0.2, 0.25) is 5.82 Å². The second kappa shape index (κ2) is 6.20. The highest BCUT2D eigenvalue weighted by atomic mass is 16.5. The lowest BCUT2D eigenvalue weighted by Gasteiger charge is -2.05. The molecule has 1 fully saturated rings. The molecular formula is C18H20N4O2. The molecule has 6 heteroatoms. The molecule has 0 spiro atoms. The summed E-state index contributed by atoms with van der Waals surface area (Å²) in [4.78, 5) is 4.51. The number of benzene rings is 1. The van der Waals surface area contributed by atoms with Crippen LogP contribution in [0.25, 0.3) is 11.4 Å². The number of ether oxygens (including phenoxy) is 1. The summed E-state index contributed by atoms with van der Waals surface area (Å²) in [5.41, 5.74) is 4.28. The maximum atomic E-state index is 5.60. The fourth-order valence-corrected chi connectivity index (χ4v) is 3.07. The Morgan fingerprint density at radius 2 is 2.17 bits per heavy atom. The van der Waals surface area contributed by atoms with E-state index in [1.54, 1.807) is 0 Å². The third kappa shape index (κ3) is 2.97. The van der Waals surface area contributed by atoms with Crippen molar-refractivity contribution in [1.82, 2.24) is 19.9 Å². The van der Waals surface area contributed by atoms with E-state index >= 15 is 0 Å². The molecular weight excluding hydrogens is 304 g/mol. The summed E-state index contributed by atoms with van der Waals surface area (Å²) in [6.45, 7) is 5.56. The van der Waals surface area contributed by atoms with Crippen molar-refractivity contribution < 1.29 is 9.26 Å². The fraction of sp³-hybridized carbons (Fsp3) is 0.389. The zero-order chi connectivity index (χ0) is 16.5. The summed E-state index contributed by atoms with van der Waals surface area (Å²) in [6, 6.07) is 10.3. The summed E-state index contributed by atoms with van der Waals surface area (Å²) in [5.74, 6) is 1.18. The molecule has 0 N–H and O–H groups in total. The Hall–Kier alpha value is -2.47. The maximum absolute atomic E-state index is 5.60. The number of rotatable bonds is 4. The Morgan fingerprint density at radius 1 is 1.25 bits per heavy atom. The van der Waals surface area contributed by atoms with Gasteiger partial charge in [-0.05, 0) is 44.4 Å². The van der Waals surface area contributed by atoms with E-state index < -0.39 is 0 Å². The third-order valence-electron chi connectivity index (χ3n) is 4.27. The van der Waals surface area contributed by atoms with E-state index in [-0.39, 0.29) is 6.10 Å². The van der Waals surface area contributed by atoms with E-state index in [1.165, 1.54) is 0 Å². The maximum Gasteiger partial charge on any atom is 0.256 e. The second-order valence-corrected chi connectivity index (χ2v) is 6.24. The minimum Gasteiger partial charge on any atom is -0.368 e. The van der Waals surface area contributed by atoms with Gasteiger partial charge in [-0.15, -0.1) is 0 Å². The number of nitrogens with zero attached hydrogens (tertiary/aromatic N) is 4. The van der Waals surface area contributed by atoms with Gasteiger partial charge in [0.05, 0.1) is 12.2 Å². The quantitative estimate of drug-likeness (QED) is 0.735. The van der Waals surface area contributed by atoms with Crippen molar-refractivity contribution in [2.24, 2.45) is 0 Å². The van der Waals surface area contributed by atoms with Crippen LogP contribution < -0.4 is 0 Å². The molecule has 6 nitrogen and oxygen atoms in total. The molecule has 0 aliphatic carbocycles. The smallest absolute Gasteiger partial charge is 0.256 e. The average Bonchev–Trinajstić information content (AvgIpc) is 3.29. The van der Waals surface area contributed by atoms with E-state index in [0.717, 1.165) is 48.5 Å². The first kappa shape index (κ1) is 15.1. The molecule has 0 radical (unpaired) electrons. The first-order chi connectivity index (χ1) is 11.7. The highest BCUT2D eigenvalue weighted by Gasteiger charge is 2.24. The van der Waals surface area contributed by atoms with Crippen LogP contribution in [-0.2, 0) is 11.3 Å². The molecule has 1 saturated heterocycles. The molecule has 0 unspecified atom stereocenters. The molecule has 0 bridgehead atoms. The first-order valence-electron chi connectivity index (χ1n) is 8.24. The molecule has 3 heterocycles. The van der Waals surface area contributed by atoms with Crippen molar-refractivity contribution in [3.05, 3.63) is 53.2 Å². The summed E-state index contributed by atoms with van der Waals surface area (Å²) in [5, 5.41) is 8.63. The number of aromatic nitrogens is 4. The van der Waals surface area contributed by atoms with Crippen LogP contribution in [0.1, 0.15) is 41.8 Å². The van der Waals surface area contributed by atoms with Crippen molar-refractivity contribution in [3.8, 4) is 11.4 Å². The van der Waals surface area contributed by atoms with Crippen molar-refractivity contribution >= 4 is 0 Å². The Morgan fingerprint density at radius 3 is 2.92 bits per heavy atom. The van der Waals surface area contributed by atoms with E-state index in [0.29, 0.717) is 11.7 Å².